The number of rotatable bonds is 3. The Morgan fingerprint density at radius 1 is 1.39 bits per heavy atom. The van der Waals surface area contributed by atoms with Crippen molar-refractivity contribution in [2.75, 3.05) is 13.1 Å². The first-order valence-corrected chi connectivity index (χ1v) is 7.50. The maximum absolute atomic E-state index is 13.7. The lowest BCUT2D eigenvalue weighted by atomic mass is 9.91. The Kier molecular flexibility index (Phi) is 5.21. The smallest absolute Gasteiger partial charge is 0.254 e. The molecule has 0 bridgehead atoms. The van der Waals surface area contributed by atoms with Gasteiger partial charge in [-0.25, -0.2) is 8.78 Å². The average molecular weight is 347 g/mol. The van der Waals surface area contributed by atoms with Crippen molar-refractivity contribution in [3.63, 3.8) is 0 Å². The molecule has 126 valence electrons. The van der Waals surface area contributed by atoms with Crippen molar-refractivity contribution in [1.29, 1.82) is 0 Å². The monoisotopic (exact) mass is 346 g/mol. The van der Waals surface area contributed by atoms with Crippen molar-refractivity contribution < 1.29 is 23.5 Å². The number of aliphatic hydroxyl groups is 1. The van der Waals surface area contributed by atoms with Gasteiger partial charge in [-0.3, -0.25) is 9.59 Å². The van der Waals surface area contributed by atoms with Gasteiger partial charge in [-0.2, -0.15) is 0 Å². The number of piperidine rings is 1. The molecule has 2 N–H and O–H groups in total. The quantitative estimate of drug-likeness (QED) is 0.817. The van der Waals surface area contributed by atoms with Crippen molar-refractivity contribution in [3.8, 4) is 0 Å². The first-order valence-electron chi connectivity index (χ1n) is 7.12. The molecule has 1 atom stereocenters. The molecule has 2 amide bonds. The van der Waals surface area contributed by atoms with E-state index in [4.69, 9.17) is 11.6 Å². The van der Waals surface area contributed by atoms with Crippen LogP contribution >= 0.6 is 11.6 Å². The molecular formula is C15H17ClF2N2O3. The highest BCUT2D eigenvalue weighted by atomic mass is 35.5. The minimum absolute atomic E-state index is 0.0805. The molecule has 23 heavy (non-hydrogen) atoms. The molecule has 1 aromatic carbocycles. The Hall–Kier alpha value is -1.73. The molecule has 0 aromatic heterocycles. The second-order valence-corrected chi connectivity index (χ2v) is 6.02. The summed E-state index contributed by atoms with van der Waals surface area (Å²) in [5, 5.41) is 12.4. The molecule has 1 fully saturated rings. The maximum atomic E-state index is 13.7. The van der Waals surface area contributed by atoms with Crippen LogP contribution in [0.3, 0.4) is 0 Å². The van der Waals surface area contributed by atoms with E-state index >= 15 is 0 Å². The second-order valence-electron chi connectivity index (χ2n) is 5.62. The van der Waals surface area contributed by atoms with Gasteiger partial charge in [0.1, 0.15) is 11.6 Å². The molecule has 1 saturated heterocycles. The lowest BCUT2D eigenvalue weighted by Gasteiger charge is -2.37. The second kappa shape index (κ2) is 6.80. The number of nitrogens with one attached hydrogen (secondary N) is 1. The number of carbonyl (C=O) groups excluding carboxylic acids is 2. The first kappa shape index (κ1) is 17.6. The zero-order chi connectivity index (χ0) is 17.2. The van der Waals surface area contributed by atoms with Crippen LogP contribution in [-0.2, 0) is 16.1 Å². The topological polar surface area (TPSA) is 69.6 Å². The van der Waals surface area contributed by atoms with Gasteiger partial charge in [-0.15, -0.1) is 0 Å². The van der Waals surface area contributed by atoms with Crippen LogP contribution in [0.15, 0.2) is 12.1 Å². The Morgan fingerprint density at radius 3 is 2.74 bits per heavy atom. The summed E-state index contributed by atoms with van der Waals surface area (Å²) in [5.74, 6) is -2.51. The van der Waals surface area contributed by atoms with Gasteiger partial charge in [0.25, 0.3) is 5.91 Å². The zero-order valence-electron chi connectivity index (χ0n) is 12.5. The third kappa shape index (κ3) is 3.97. The van der Waals surface area contributed by atoms with Gasteiger partial charge in [-0.05, 0) is 25.0 Å². The molecule has 0 aliphatic carbocycles. The fourth-order valence-electron chi connectivity index (χ4n) is 2.53. The summed E-state index contributed by atoms with van der Waals surface area (Å²) in [7, 11) is 0. The molecule has 5 nitrogen and oxygen atoms in total. The lowest BCUT2D eigenvalue weighted by molar-refractivity contribution is -0.150. The van der Waals surface area contributed by atoms with Crippen LogP contribution in [0.5, 0.6) is 0 Å². The van der Waals surface area contributed by atoms with Crippen LogP contribution in [0.4, 0.5) is 8.78 Å². The molecule has 1 heterocycles. The Balaban J connectivity index is 2.04. The fourth-order valence-corrected chi connectivity index (χ4v) is 2.68. The number of likely N-dealkylation sites (tertiary alicyclic amines) is 1. The van der Waals surface area contributed by atoms with Crippen molar-refractivity contribution in [2.24, 2.45) is 0 Å². The number of β-amino-alcohol motifs (C(OH)–C–C–N with tert-alkyl or cyclic N) is 1. The molecule has 1 unspecified atom stereocenters. The third-order valence-corrected chi connectivity index (χ3v) is 4.16. The third-order valence-electron chi connectivity index (χ3n) is 3.87. The van der Waals surface area contributed by atoms with Gasteiger partial charge in [0, 0.05) is 25.6 Å². The summed E-state index contributed by atoms with van der Waals surface area (Å²) in [5.41, 5.74) is -1.81. The van der Waals surface area contributed by atoms with E-state index in [1.807, 2.05) is 0 Å². The van der Waals surface area contributed by atoms with Crippen molar-refractivity contribution >= 4 is 23.4 Å². The lowest BCUT2D eigenvalue weighted by Crippen LogP contribution is -2.57. The number of nitrogens with zero attached hydrogens (tertiary/aromatic N) is 1. The molecule has 0 radical (unpaired) electrons. The van der Waals surface area contributed by atoms with E-state index in [0.29, 0.717) is 13.0 Å². The molecule has 8 heteroatoms. The largest absolute Gasteiger partial charge is 0.378 e. The maximum Gasteiger partial charge on any atom is 0.254 e. The Bertz CT molecular complexity index is 641. The Labute approximate surface area is 137 Å². The summed E-state index contributed by atoms with van der Waals surface area (Å²) in [6.07, 6.45) is 0.674. The summed E-state index contributed by atoms with van der Waals surface area (Å²) in [6.45, 7) is 1.42. The van der Waals surface area contributed by atoms with Crippen LogP contribution in [0.1, 0.15) is 25.3 Å². The molecule has 1 aliphatic heterocycles. The van der Waals surface area contributed by atoms with Crippen LogP contribution < -0.4 is 5.32 Å². The van der Waals surface area contributed by atoms with E-state index < -0.39 is 23.1 Å². The molecule has 0 spiro atoms. The van der Waals surface area contributed by atoms with E-state index in [-0.39, 0.29) is 36.0 Å². The van der Waals surface area contributed by atoms with Gasteiger partial charge in [0.2, 0.25) is 5.91 Å². The number of amides is 2. The number of hydrogen-bond donors (Lipinski definition) is 2. The molecule has 1 aliphatic rings. The standard InChI is InChI=1S/C15H17ClF2N2O3/c1-9(21)20-4-2-3-15(23,8-20)14(22)19-7-10-5-13(18)11(16)6-12(10)17/h5-6,23H,2-4,7-8H2,1H3,(H,19,22). The van der Waals surface area contributed by atoms with Crippen molar-refractivity contribution in [3.05, 3.63) is 34.4 Å². The highest BCUT2D eigenvalue weighted by molar-refractivity contribution is 6.30. The van der Waals surface area contributed by atoms with E-state index in [9.17, 15) is 23.5 Å². The molecule has 0 saturated carbocycles. The number of halogens is 3. The molecule has 2 rings (SSSR count). The first-order chi connectivity index (χ1) is 10.7. The highest BCUT2D eigenvalue weighted by Gasteiger charge is 2.40. The van der Waals surface area contributed by atoms with Gasteiger partial charge >= 0.3 is 0 Å². The van der Waals surface area contributed by atoms with E-state index in [1.165, 1.54) is 11.8 Å². The number of benzene rings is 1. The molecular weight excluding hydrogens is 330 g/mol. The van der Waals surface area contributed by atoms with Crippen LogP contribution in [0.25, 0.3) is 0 Å². The van der Waals surface area contributed by atoms with E-state index in [0.717, 1.165) is 12.1 Å². The van der Waals surface area contributed by atoms with Gasteiger partial charge in [0.05, 0.1) is 11.6 Å². The minimum atomic E-state index is -1.73. The fraction of sp³-hybridized carbons (Fsp3) is 0.467. The van der Waals surface area contributed by atoms with Crippen molar-refractivity contribution in [2.45, 2.75) is 31.9 Å². The van der Waals surface area contributed by atoms with E-state index in [1.54, 1.807) is 0 Å². The predicted octanol–water partition coefficient (Wildman–Crippen LogP) is 1.61. The summed E-state index contributed by atoms with van der Waals surface area (Å²) < 4.78 is 27.0. The average Bonchev–Trinajstić information content (AvgIpc) is 2.49. The minimum Gasteiger partial charge on any atom is -0.378 e. The normalized spacial score (nSPS) is 21.2. The number of carbonyl (C=O) groups is 2. The van der Waals surface area contributed by atoms with Crippen LogP contribution in [-0.4, -0.2) is 40.5 Å². The van der Waals surface area contributed by atoms with Crippen LogP contribution in [0, 0.1) is 11.6 Å². The van der Waals surface area contributed by atoms with E-state index in [2.05, 4.69) is 5.32 Å². The highest BCUT2D eigenvalue weighted by Crippen LogP contribution is 2.23. The summed E-state index contributed by atoms with van der Waals surface area (Å²) >= 11 is 5.46. The summed E-state index contributed by atoms with van der Waals surface area (Å²) in [6, 6.07) is 1.72. The zero-order valence-corrected chi connectivity index (χ0v) is 13.3. The van der Waals surface area contributed by atoms with Gasteiger partial charge < -0.3 is 15.3 Å². The Morgan fingerprint density at radius 2 is 2.09 bits per heavy atom. The van der Waals surface area contributed by atoms with Gasteiger partial charge in [-0.1, -0.05) is 11.6 Å². The van der Waals surface area contributed by atoms with Crippen molar-refractivity contribution in [1.82, 2.24) is 10.2 Å². The van der Waals surface area contributed by atoms with Crippen LogP contribution in [0.2, 0.25) is 5.02 Å². The van der Waals surface area contributed by atoms with Gasteiger partial charge in [0.15, 0.2) is 5.60 Å². The predicted molar refractivity (Wildman–Crippen MR) is 79.7 cm³/mol. The molecule has 1 aromatic rings. The summed E-state index contributed by atoms with van der Waals surface area (Å²) in [4.78, 5) is 24.9. The number of hydrogen-bond acceptors (Lipinski definition) is 3. The SMILES string of the molecule is CC(=O)N1CCCC(O)(C(=O)NCc2cc(F)c(Cl)cc2F)C1.